The van der Waals surface area contributed by atoms with Gasteiger partial charge in [0, 0.05) is 13.1 Å². The maximum Gasteiger partial charge on any atom is 0.345 e. The molecule has 0 radical (unpaired) electrons. The lowest BCUT2D eigenvalue weighted by atomic mass is 10.2. The summed E-state index contributed by atoms with van der Waals surface area (Å²) in [5.74, 6) is 0.655. The topological polar surface area (TPSA) is 85.1 Å². The summed E-state index contributed by atoms with van der Waals surface area (Å²) in [6, 6.07) is 17.5. The summed E-state index contributed by atoms with van der Waals surface area (Å²) in [4.78, 5) is 0. The van der Waals surface area contributed by atoms with E-state index >= 15 is 0 Å². The second-order valence-electron chi connectivity index (χ2n) is 4.86. The Hall–Kier alpha value is -2.48. The fourth-order valence-electron chi connectivity index (χ4n) is 2.07. The Morgan fingerprint density at radius 3 is 2.50 bits per heavy atom. The molecular weight excluding hydrogens is 330 g/mol. The number of halogens is 1. The van der Waals surface area contributed by atoms with E-state index in [1.54, 1.807) is 0 Å². The van der Waals surface area contributed by atoms with E-state index in [1.807, 2.05) is 54.6 Å². The lowest BCUT2D eigenvalue weighted by molar-refractivity contribution is 0.292. The fourth-order valence-corrected chi connectivity index (χ4v) is 2.07. The zero-order valence-electron chi connectivity index (χ0n) is 12.9. The number of aromatic nitrogens is 4. The molecule has 0 atom stereocenters. The monoisotopic (exact) mass is 347 g/mol. The van der Waals surface area contributed by atoms with Gasteiger partial charge in [0.05, 0.1) is 12.3 Å². The Kier molecular flexibility index (Phi) is 6.68. The van der Waals surface area contributed by atoms with Crippen LogP contribution in [0.1, 0.15) is 5.56 Å². The van der Waals surface area contributed by atoms with E-state index in [-0.39, 0.29) is 19.0 Å². The molecule has 2 N–H and O–H groups in total. The van der Waals surface area contributed by atoms with Crippen molar-refractivity contribution in [3.63, 3.8) is 0 Å². The lowest BCUT2D eigenvalue weighted by Gasteiger charge is -2.07. The van der Waals surface area contributed by atoms with E-state index in [1.165, 1.54) is 4.68 Å². The van der Waals surface area contributed by atoms with Crippen LogP contribution in [0.2, 0.25) is 0 Å². The molecule has 8 heteroatoms. The van der Waals surface area contributed by atoms with Crippen LogP contribution in [0.3, 0.4) is 0 Å². The van der Waals surface area contributed by atoms with Gasteiger partial charge < -0.3 is 15.2 Å². The number of aliphatic hydroxyl groups is 1. The van der Waals surface area contributed by atoms with Gasteiger partial charge in [0.1, 0.15) is 5.75 Å². The molecular formula is C16H18ClN5O2. The quantitative estimate of drug-likeness (QED) is 0.635. The normalized spacial score (nSPS) is 10.2. The first kappa shape index (κ1) is 17.9. The van der Waals surface area contributed by atoms with Crippen LogP contribution in [0.15, 0.2) is 54.6 Å². The minimum Gasteiger partial charge on any atom is -0.423 e. The molecule has 0 saturated heterocycles. The van der Waals surface area contributed by atoms with Gasteiger partial charge in [-0.3, -0.25) is 0 Å². The van der Waals surface area contributed by atoms with Gasteiger partial charge >= 0.3 is 6.01 Å². The first-order valence-electron chi connectivity index (χ1n) is 7.29. The molecule has 2 aromatic carbocycles. The highest BCUT2D eigenvalue weighted by Crippen LogP contribution is 2.21. The molecule has 0 unspecified atom stereocenters. The third kappa shape index (κ3) is 4.51. The molecule has 3 rings (SSSR count). The van der Waals surface area contributed by atoms with Crippen LogP contribution in [0.25, 0.3) is 5.69 Å². The number of aliphatic hydroxyl groups excluding tert-OH is 1. The summed E-state index contributed by atoms with van der Waals surface area (Å²) < 4.78 is 7.29. The standard InChI is InChI=1S/C16H17N5O2.ClH/c22-11-10-17-12-13-6-8-15(9-7-13)23-16-18-19-20-21(16)14-4-2-1-3-5-14;/h1-9,17,22H,10-12H2;1H. The molecule has 1 aromatic heterocycles. The summed E-state index contributed by atoms with van der Waals surface area (Å²) in [7, 11) is 0. The molecule has 0 aliphatic heterocycles. The van der Waals surface area contributed by atoms with Crippen LogP contribution in [-0.2, 0) is 6.54 Å². The Morgan fingerprint density at radius 1 is 1.04 bits per heavy atom. The number of nitrogens with one attached hydrogen (secondary N) is 1. The van der Waals surface area contributed by atoms with Gasteiger partial charge in [-0.2, -0.15) is 4.68 Å². The Balaban J connectivity index is 0.00000208. The van der Waals surface area contributed by atoms with Gasteiger partial charge in [-0.05, 0) is 40.3 Å². The molecule has 0 bridgehead atoms. The maximum absolute atomic E-state index is 8.75. The number of hydrogen-bond acceptors (Lipinski definition) is 6. The summed E-state index contributed by atoms with van der Waals surface area (Å²) in [6.07, 6.45) is 0. The van der Waals surface area contributed by atoms with Crippen LogP contribution >= 0.6 is 12.4 Å². The molecule has 0 aliphatic rings. The number of ether oxygens (including phenoxy) is 1. The van der Waals surface area contributed by atoms with Gasteiger partial charge in [0.25, 0.3) is 0 Å². The first-order chi connectivity index (χ1) is 11.4. The van der Waals surface area contributed by atoms with E-state index in [0.29, 0.717) is 24.8 Å². The van der Waals surface area contributed by atoms with Crippen LogP contribution in [0, 0.1) is 0 Å². The summed E-state index contributed by atoms with van der Waals surface area (Å²) in [6.45, 7) is 1.40. The van der Waals surface area contributed by atoms with E-state index < -0.39 is 0 Å². The molecule has 126 valence electrons. The Bertz CT molecular complexity index is 734. The molecule has 0 saturated carbocycles. The van der Waals surface area contributed by atoms with E-state index in [4.69, 9.17) is 9.84 Å². The molecule has 0 aliphatic carbocycles. The van der Waals surface area contributed by atoms with Crippen molar-refractivity contribution in [2.75, 3.05) is 13.2 Å². The minimum absolute atomic E-state index is 0. The Labute approximate surface area is 145 Å². The summed E-state index contributed by atoms with van der Waals surface area (Å²) in [5, 5.41) is 23.4. The van der Waals surface area contributed by atoms with Crippen LogP contribution in [0.5, 0.6) is 11.8 Å². The maximum atomic E-state index is 8.75. The van der Waals surface area contributed by atoms with Crippen molar-refractivity contribution in [3.05, 3.63) is 60.2 Å². The largest absolute Gasteiger partial charge is 0.423 e. The van der Waals surface area contributed by atoms with E-state index in [0.717, 1.165) is 11.3 Å². The Morgan fingerprint density at radius 2 is 1.79 bits per heavy atom. The van der Waals surface area contributed by atoms with Crippen molar-refractivity contribution in [3.8, 4) is 17.4 Å². The predicted octanol–water partition coefficient (Wildman–Crippen LogP) is 1.96. The summed E-state index contributed by atoms with van der Waals surface area (Å²) in [5.41, 5.74) is 1.94. The smallest absolute Gasteiger partial charge is 0.345 e. The van der Waals surface area contributed by atoms with Crippen molar-refractivity contribution in [2.24, 2.45) is 0 Å². The van der Waals surface area contributed by atoms with Crippen molar-refractivity contribution in [1.29, 1.82) is 0 Å². The number of hydrogen-bond donors (Lipinski definition) is 2. The third-order valence-electron chi connectivity index (χ3n) is 3.19. The first-order valence-corrected chi connectivity index (χ1v) is 7.29. The van der Waals surface area contributed by atoms with E-state index in [9.17, 15) is 0 Å². The second-order valence-corrected chi connectivity index (χ2v) is 4.86. The fraction of sp³-hybridized carbons (Fsp3) is 0.188. The van der Waals surface area contributed by atoms with Gasteiger partial charge in [0.2, 0.25) is 0 Å². The zero-order chi connectivity index (χ0) is 15.9. The van der Waals surface area contributed by atoms with Crippen LogP contribution in [-0.4, -0.2) is 38.5 Å². The zero-order valence-corrected chi connectivity index (χ0v) is 13.7. The average Bonchev–Trinajstić information content (AvgIpc) is 3.06. The molecule has 0 fully saturated rings. The van der Waals surface area contributed by atoms with Gasteiger partial charge in [-0.1, -0.05) is 35.4 Å². The number of para-hydroxylation sites is 1. The number of rotatable bonds is 7. The SMILES string of the molecule is Cl.OCCNCc1ccc(Oc2nnnn2-c2ccccc2)cc1. The number of nitrogens with zero attached hydrogens (tertiary/aromatic N) is 4. The third-order valence-corrected chi connectivity index (χ3v) is 3.19. The highest BCUT2D eigenvalue weighted by molar-refractivity contribution is 5.85. The average molecular weight is 348 g/mol. The second kappa shape index (κ2) is 8.97. The molecule has 1 heterocycles. The van der Waals surface area contributed by atoms with Crippen LogP contribution in [0.4, 0.5) is 0 Å². The molecule has 0 spiro atoms. The van der Waals surface area contributed by atoms with Crippen molar-refractivity contribution < 1.29 is 9.84 Å². The van der Waals surface area contributed by atoms with Gasteiger partial charge in [-0.25, -0.2) is 0 Å². The van der Waals surface area contributed by atoms with Crippen molar-refractivity contribution in [2.45, 2.75) is 6.54 Å². The number of tetrazole rings is 1. The van der Waals surface area contributed by atoms with Crippen molar-refractivity contribution >= 4 is 12.4 Å². The predicted molar refractivity (Wildman–Crippen MR) is 91.7 cm³/mol. The lowest BCUT2D eigenvalue weighted by Crippen LogP contribution is -2.17. The molecule has 24 heavy (non-hydrogen) atoms. The van der Waals surface area contributed by atoms with E-state index in [2.05, 4.69) is 20.8 Å². The highest BCUT2D eigenvalue weighted by Gasteiger charge is 2.10. The number of benzene rings is 2. The van der Waals surface area contributed by atoms with Crippen molar-refractivity contribution in [1.82, 2.24) is 25.5 Å². The highest BCUT2D eigenvalue weighted by atomic mass is 35.5. The molecule has 3 aromatic rings. The summed E-state index contributed by atoms with van der Waals surface area (Å²) >= 11 is 0. The van der Waals surface area contributed by atoms with Crippen LogP contribution < -0.4 is 10.1 Å². The minimum atomic E-state index is 0. The molecule has 0 amide bonds. The van der Waals surface area contributed by atoms with Gasteiger partial charge in [0.15, 0.2) is 0 Å². The molecule has 7 nitrogen and oxygen atoms in total. The van der Waals surface area contributed by atoms with Gasteiger partial charge in [-0.15, -0.1) is 12.4 Å².